The lowest BCUT2D eigenvalue weighted by Crippen LogP contribution is -2.25. The average molecular weight is 322 g/mol. The quantitative estimate of drug-likeness (QED) is 0.903. The highest BCUT2D eigenvalue weighted by molar-refractivity contribution is 5.97. The lowest BCUT2D eigenvalue weighted by Gasteiger charge is -2.12. The van der Waals surface area contributed by atoms with Crippen LogP contribution in [0, 0.1) is 0 Å². The number of aromatic nitrogens is 2. The van der Waals surface area contributed by atoms with Gasteiger partial charge < -0.3 is 15.8 Å². The third kappa shape index (κ3) is 3.43. The molecule has 1 aromatic carbocycles. The van der Waals surface area contributed by atoms with Crippen molar-refractivity contribution < 1.29 is 9.53 Å². The number of allylic oxidation sites excluding steroid dienone is 4. The molecule has 122 valence electrons. The van der Waals surface area contributed by atoms with E-state index in [2.05, 4.69) is 15.3 Å². The van der Waals surface area contributed by atoms with Crippen molar-refractivity contribution in [3.05, 3.63) is 60.1 Å². The molecule has 0 saturated heterocycles. The molecule has 0 unspecified atom stereocenters. The van der Waals surface area contributed by atoms with Gasteiger partial charge in [-0.3, -0.25) is 4.79 Å². The van der Waals surface area contributed by atoms with Gasteiger partial charge >= 0.3 is 0 Å². The third-order valence-electron chi connectivity index (χ3n) is 3.69. The minimum atomic E-state index is -0.350. The molecule has 1 heterocycles. The number of ether oxygens (including phenoxy) is 1. The van der Waals surface area contributed by atoms with Crippen molar-refractivity contribution in [1.82, 2.24) is 15.3 Å². The topological polar surface area (TPSA) is 90.1 Å². The molecule has 1 aromatic heterocycles. The lowest BCUT2D eigenvalue weighted by atomic mass is 10.1. The normalized spacial score (nSPS) is 13.3. The monoisotopic (exact) mass is 322 g/mol. The van der Waals surface area contributed by atoms with Crippen LogP contribution in [0.1, 0.15) is 23.3 Å². The van der Waals surface area contributed by atoms with Crippen LogP contribution in [0.15, 0.2) is 54.4 Å². The standard InChI is InChI=1S/C18H18N4O2/c1-24-14-9-7-12(8-10-14)15-11-20-17(19)16(22-15)18(23)21-13-5-3-2-4-6-13/h2-3,5,7-11H,4,6H2,1H3,(H2,19,20)(H,21,23). The third-order valence-corrected chi connectivity index (χ3v) is 3.69. The van der Waals surface area contributed by atoms with Crippen molar-refractivity contribution in [3.8, 4) is 17.0 Å². The Labute approximate surface area is 140 Å². The van der Waals surface area contributed by atoms with Crippen molar-refractivity contribution >= 4 is 11.7 Å². The Bertz CT molecular complexity index is 810. The van der Waals surface area contributed by atoms with Crippen LogP contribution in [-0.2, 0) is 0 Å². The Balaban J connectivity index is 1.86. The molecule has 0 saturated carbocycles. The van der Waals surface area contributed by atoms with E-state index in [4.69, 9.17) is 10.5 Å². The number of methoxy groups -OCH3 is 1. The van der Waals surface area contributed by atoms with Gasteiger partial charge in [0, 0.05) is 11.3 Å². The number of anilines is 1. The molecule has 0 fully saturated rings. The zero-order valence-electron chi connectivity index (χ0n) is 13.3. The Kier molecular flexibility index (Phi) is 4.56. The summed E-state index contributed by atoms with van der Waals surface area (Å²) >= 11 is 0. The largest absolute Gasteiger partial charge is 0.497 e. The summed E-state index contributed by atoms with van der Waals surface area (Å²) in [5.41, 5.74) is 8.21. The van der Waals surface area contributed by atoms with Crippen LogP contribution in [0.25, 0.3) is 11.3 Å². The maximum absolute atomic E-state index is 12.4. The fraction of sp³-hybridized carbons (Fsp3) is 0.167. The van der Waals surface area contributed by atoms with Crippen LogP contribution >= 0.6 is 0 Å². The average Bonchev–Trinajstić information content (AvgIpc) is 2.63. The van der Waals surface area contributed by atoms with E-state index >= 15 is 0 Å². The molecule has 6 heteroatoms. The van der Waals surface area contributed by atoms with Gasteiger partial charge in [0.15, 0.2) is 11.5 Å². The van der Waals surface area contributed by atoms with Gasteiger partial charge in [0.05, 0.1) is 19.0 Å². The molecule has 0 spiro atoms. The zero-order valence-corrected chi connectivity index (χ0v) is 13.3. The predicted molar refractivity (Wildman–Crippen MR) is 92.4 cm³/mol. The first-order valence-corrected chi connectivity index (χ1v) is 7.61. The van der Waals surface area contributed by atoms with Crippen LogP contribution < -0.4 is 15.8 Å². The van der Waals surface area contributed by atoms with Crippen molar-refractivity contribution in [3.63, 3.8) is 0 Å². The van der Waals surface area contributed by atoms with Crippen LogP contribution in [0.2, 0.25) is 0 Å². The molecule has 0 aliphatic heterocycles. The number of amides is 1. The minimum Gasteiger partial charge on any atom is -0.497 e. The van der Waals surface area contributed by atoms with Crippen LogP contribution in [0.3, 0.4) is 0 Å². The summed E-state index contributed by atoms with van der Waals surface area (Å²) in [5.74, 6) is 0.506. The Morgan fingerprint density at radius 1 is 1.29 bits per heavy atom. The Morgan fingerprint density at radius 3 is 2.75 bits per heavy atom. The number of nitrogens with one attached hydrogen (secondary N) is 1. The van der Waals surface area contributed by atoms with Gasteiger partial charge in [0.1, 0.15) is 5.75 Å². The summed E-state index contributed by atoms with van der Waals surface area (Å²) < 4.78 is 5.14. The smallest absolute Gasteiger partial charge is 0.277 e. The zero-order chi connectivity index (χ0) is 16.9. The fourth-order valence-electron chi connectivity index (χ4n) is 2.38. The number of hydrogen-bond acceptors (Lipinski definition) is 5. The minimum absolute atomic E-state index is 0.108. The van der Waals surface area contributed by atoms with Gasteiger partial charge in [0.2, 0.25) is 0 Å². The summed E-state index contributed by atoms with van der Waals surface area (Å²) in [6, 6.07) is 7.36. The molecule has 2 aromatic rings. The van der Waals surface area contributed by atoms with Gasteiger partial charge in [-0.25, -0.2) is 9.97 Å². The Morgan fingerprint density at radius 2 is 2.08 bits per heavy atom. The summed E-state index contributed by atoms with van der Waals surface area (Å²) in [4.78, 5) is 20.9. The highest BCUT2D eigenvalue weighted by Crippen LogP contribution is 2.22. The van der Waals surface area contributed by atoms with E-state index in [1.807, 2.05) is 42.5 Å². The van der Waals surface area contributed by atoms with Crippen molar-refractivity contribution in [2.24, 2.45) is 0 Å². The molecule has 0 radical (unpaired) electrons. The first-order chi connectivity index (χ1) is 11.7. The molecule has 24 heavy (non-hydrogen) atoms. The van der Waals surface area contributed by atoms with E-state index in [9.17, 15) is 4.79 Å². The van der Waals surface area contributed by atoms with Gasteiger partial charge in [-0.05, 0) is 43.2 Å². The molecular formula is C18H18N4O2. The maximum Gasteiger partial charge on any atom is 0.277 e. The highest BCUT2D eigenvalue weighted by Gasteiger charge is 2.16. The van der Waals surface area contributed by atoms with E-state index in [1.54, 1.807) is 13.3 Å². The molecule has 3 N–H and O–H groups in total. The van der Waals surface area contributed by atoms with E-state index in [0.717, 1.165) is 29.9 Å². The predicted octanol–water partition coefficient (Wildman–Crippen LogP) is 2.70. The van der Waals surface area contributed by atoms with Gasteiger partial charge in [-0.15, -0.1) is 0 Å². The summed E-state index contributed by atoms with van der Waals surface area (Å²) in [5, 5.41) is 2.84. The van der Waals surface area contributed by atoms with Gasteiger partial charge in [-0.2, -0.15) is 0 Å². The molecule has 1 aliphatic rings. The number of hydrogen-bond donors (Lipinski definition) is 2. The summed E-state index contributed by atoms with van der Waals surface area (Å²) in [7, 11) is 1.61. The molecule has 1 aliphatic carbocycles. The van der Waals surface area contributed by atoms with Crippen LogP contribution in [0.5, 0.6) is 5.75 Å². The first-order valence-electron chi connectivity index (χ1n) is 7.61. The lowest BCUT2D eigenvalue weighted by molar-refractivity contribution is 0.0960. The second-order valence-corrected chi connectivity index (χ2v) is 5.33. The van der Waals surface area contributed by atoms with E-state index in [1.165, 1.54) is 0 Å². The fourth-order valence-corrected chi connectivity index (χ4v) is 2.38. The van der Waals surface area contributed by atoms with Crippen LogP contribution in [0.4, 0.5) is 5.82 Å². The molecular weight excluding hydrogens is 304 g/mol. The number of rotatable bonds is 4. The van der Waals surface area contributed by atoms with Crippen molar-refractivity contribution in [2.45, 2.75) is 12.8 Å². The van der Waals surface area contributed by atoms with Crippen molar-refractivity contribution in [2.75, 3.05) is 12.8 Å². The molecule has 0 bridgehead atoms. The van der Waals surface area contributed by atoms with Gasteiger partial charge in [-0.1, -0.05) is 12.2 Å². The summed E-state index contributed by atoms with van der Waals surface area (Å²) in [6.07, 6.45) is 9.08. The maximum atomic E-state index is 12.4. The van der Waals surface area contributed by atoms with E-state index < -0.39 is 0 Å². The highest BCUT2D eigenvalue weighted by atomic mass is 16.5. The number of benzene rings is 1. The number of carbonyl (C=O) groups excluding carboxylic acids is 1. The van der Waals surface area contributed by atoms with Crippen molar-refractivity contribution in [1.29, 1.82) is 0 Å². The number of nitrogens with two attached hydrogens (primary N) is 1. The molecule has 1 amide bonds. The van der Waals surface area contributed by atoms with E-state index in [0.29, 0.717) is 5.69 Å². The SMILES string of the molecule is COc1ccc(-c2cnc(N)c(C(=O)NC3=CC=CCC3)n2)cc1. The number of nitrogens with zero attached hydrogens (tertiary/aromatic N) is 2. The second-order valence-electron chi connectivity index (χ2n) is 5.33. The molecule has 0 atom stereocenters. The summed E-state index contributed by atoms with van der Waals surface area (Å²) in [6.45, 7) is 0. The number of carbonyl (C=O) groups is 1. The Hall–Kier alpha value is -3.15. The first kappa shape index (κ1) is 15.7. The molecule has 3 rings (SSSR count). The second kappa shape index (κ2) is 6.95. The number of nitrogen functional groups attached to an aromatic ring is 1. The molecule has 6 nitrogen and oxygen atoms in total. The van der Waals surface area contributed by atoms with Crippen LogP contribution in [-0.4, -0.2) is 23.0 Å². The van der Waals surface area contributed by atoms with Gasteiger partial charge in [0.25, 0.3) is 5.91 Å². The van der Waals surface area contributed by atoms with E-state index in [-0.39, 0.29) is 17.4 Å².